The first kappa shape index (κ1) is 57.7. The Morgan fingerprint density at radius 2 is 0.785 bits per heavy atom. The quantitative estimate of drug-likeness (QED) is 0.0442. The molecule has 0 unspecified atom stereocenters. The van der Waals surface area contributed by atoms with Gasteiger partial charge in [0.1, 0.15) is 54.6 Å². The zero-order valence-corrected chi connectivity index (χ0v) is 45.2. The van der Waals surface area contributed by atoms with E-state index in [9.17, 15) is 13.5 Å². The molecule has 0 aliphatic carbocycles. The van der Waals surface area contributed by atoms with E-state index in [4.69, 9.17) is 51.6 Å². The van der Waals surface area contributed by atoms with Crippen molar-refractivity contribution in [2.45, 2.75) is 114 Å². The van der Waals surface area contributed by atoms with Gasteiger partial charge < -0.3 is 52.5 Å². The van der Waals surface area contributed by atoms with Gasteiger partial charge in [-0.25, -0.2) is 0 Å². The van der Waals surface area contributed by atoms with E-state index in [1.54, 1.807) is 6.92 Å². The molecule has 0 bridgehead atoms. The summed E-state index contributed by atoms with van der Waals surface area (Å²) in [5.41, 5.74) is 5.93. The lowest BCUT2D eigenvalue weighted by Gasteiger charge is -2.54. The van der Waals surface area contributed by atoms with Crippen molar-refractivity contribution in [2.24, 2.45) is 0 Å². The predicted molar refractivity (Wildman–Crippen MR) is 296 cm³/mol. The van der Waals surface area contributed by atoms with E-state index in [0.29, 0.717) is 0 Å². The third kappa shape index (κ3) is 16.8. The second-order valence-electron chi connectivity index (χ2n) is 19.5. The first-order valence-electron chi connectivity index (χ1n) is 26.8. The van der Waals surface area contributed by atoms with Crippen LogP contribution >= 0.6 is 0 Å². The van der Waals surface area contributed by atoms with Crippen molar-refractivity contribution in [2.75, 3.05) is 25.6 Å². The molecule has 15 heteroatoms. The molecule has 0 radical (unpaired) electrons. The van der Waals surface area contributed by atoms with Crippen molar-refractivity contribution in [3.05, 3.63) is 251 Å². The highest BCUT2D eigenvalue weighted by atomic mass is 32.2. The normalized spacial score (nSPS) is 24.3. The van der Waals surface area contributed by atoms with Crippen molar-refractivity contribution < 1.29 is 65.1 Å². The third-order valence-electron chi connectivity index (χ3n) is 13.6. The minimum atomic E-state index is -4.58. The van der Waals surface area contributed by atoms with Crippen LogP contribution in [-0.4, -0.2) is 100 Å². The predicted octanol–water partition coefficient (Wildman–Crippen LogP) is 9.91. The average molecular weight is 1100 g/mol. The van der Waals surface area contributed by atoms with Gasteiger partial charge in [0.15, 0.2) is 6.29 Å². The molecule has 0 spiro atoms. The molecule has 2 saturated heterocycles. The zero-order chi connectivity index (χ0) is 54.5. The van der Waals surface area contributed by atoms with E-state index < -0.39 is 76.8 Å². The fraction of sp³-hybridized carbons (Fsp3) is 0.344. The van der Waals surface area contributed by atoms with Crippen LogP contribution in [0.1, 0.15) is 45.9 Å². The van der Waals surface area contributed by atoms with Crippen molar-refractivity contribution in [3.8, 4) is 0 Å². The Kier molecular flexibility index (Phi) is 21.5. The van der Waals surface area contributed by atoms with Gasteiger partial charge in [0.2, 0.25) is 5.79 Å². The summed E-state index contributed by atoms with van der Waals surface area (Å²) in [6, 6.07) is 67.2. The number of aliphatic hydroxyl groups is 1. The Balaban J connectivity index is 1.17. The molecule has 2 fully saturated rings. The monoisotopic (exact) mass is 1090 g/mol. The van der Waals surface area contributed by atoms with Gasteiger partial charge in [-0.2, -0.15) is 8.42 Å². The highest BCUT2D eigenvalue weighted by molar-refractivity contribution is 7.86. The highest BCUT2D eigenvalue weighted by Crippen LogP contribution is 2.43. The zero-order valence-electron chi connectivity index (χ0n) is 44.3. The minimum Gasteiger partial charge on any atom is -0.387 e. The van der Waals surface area contributed by atoms with Crippen LogP contribution in [0.5, 0.6) is 0 Å². The van der Waals surface area contributed by atoms with Gasteiger partial charge in [-0.3, -0.25) is 4.18 Å². The van der Waals surface area contributed by atoms with Gasteiger partial charge in [-0.05, 0) is 45.9 Å². The lowest BCUT2D eigenvalue weighted by Crippen LogP contribution is -2.73. The van der Waals surface area contributed by atoms with Crippen LogP contribution in [0, 0.1) is 0 Å². The van der Waals surface area contributed by atoms with Gasteiger partial charge in [0, 0.05) is 0 Å². The Hall–Kier alpha value is -5.99. The number of benzene rings is 7. The Morgan fingerprint density at radius 3 is 1.20 bits per heavy atom. The maximum absolute atomic E-state index is 14.7. The summed E-state index contributed by atoms with van der Waals surface area (Å²) in [4.78, 5) is 0. The Labute approximate surface area is 464 Å². The van der Waals surface area contributed by atoms with Gasteiger partial charge in [0.05, 0.1) is 66.1 Å². The molecule has 2 aliphatic rings. The molecule has 0 saturated carbocycles. The summed E-state index contributed by atoms with van der Waals surface area (Å²) in [6.45, 7) is 1.74. The van der Waals surface area contributed by atoms with Crippen LogP contribution < -0.4 is 0 Å². The first-order chi connectivity index (χ1) is 38.7. The van der Waals surface area contributed by atoms with Gasteiger partial charge in [-0.15, -0.1) is 0 Å². The molecule has 9 rings (SSSR count). The van der Waals surface area contributed by atoms with E-state index in [1.165, 1.54) is 0 Å². The summed E-state index contributed by atoms with van der Waals surface area (Å²) >= 11 is 0. The van der Waals surface area contributed by atoms with E-state index in [1.807, 2.05) is 212 Å². The number of hydrogen-bond acceptors (Lipinski definition) is 14. The van der Waals surface area contributed by atoms with Crippen LogP contribution in [0.4, 0.5) is 0 Å². The fourth-order valence-corrected chi connectivity index (χ4v) is 11.0. The summed E-state index contributed by atoms with van der Waals surface area (Å²) in [6.07, 6.45) is -11.3. The Morgan fingerprint density at radius 1 is 0.430 bits per heavy atom. The largest absolute Gasteiger partial charge is 0.387 e. The number of aliphatic hydroxyl groups excluding tert-OH is 1. The second kappa shape index (κ2) is 29.5. The molecule has 0 amide bonds. The standard InChI is InChI=1S/C64H70O14S/c1-2-75-79(66,67)47-64(78-58-55(45-68-38-48-24-10-3-11-25-48)76-63(74-44-54-36-22-9-23-37-54)60(57(58)65)71-41-51-30-16-6-17-31-51)62(73-43-53-34-20-8-21-35-53)61(72-42-52-32-18-7-19-33-52)59(70-40-50-28-14-5-15-29-50)56(77-64)46-69-39-49-26-12-4-13-27-49/h3-37,55-63,65H,2,38-47H2,1H3/t55-,56-,57+,58+,59-,60-,61+,62-,63-,64-/m1/s1. The van der Waals surface area contributed by atoms with Gasteiger partial charge in [-0.1, -0.05) is 212 Å². The van der Waals surface area contributed by atoms with Crippen LogP contribution in [0.25, 0.3) is 0 Å². The minimum absolute atomic E-state index is 0.0496. The molecule has 10 atom stereocenters. The lowest BCUT2D eigenvalue weighted by molar-refractivity contribution is -0.410. The number of rotatable bonds is 29. The summed E-state index contributed by atoms with van der Waals surface area (Å²) in [7, 11) is -4.58. The first-order valence-corrected chi connectivity index (χ1v) is 28.4. The second-order valence-corrected chi connectivity index (χ2v) is 21.1. The van der Waals surface area contributed by atoms with Crippen molar-refractivity contribution in [1.29, 1.82) is 0 Å². The maximum Gasteiger partial charge on any atom is 0.272 e. The van der Waals surface area contributed by atoms with E-state index in [-0.39, 0.29) is 66.1 Å². The number of hydrogen-bond donors (Lipinski definition) is 1. The average Bonchev–Trinajstić information content (AvgIpc) is 3.60. The van der Waals surface area contributed by atoms with Gasteiger partial charge in [0.25, 0.3) is 10.1 Å². The summed E-state index contributed by atoms with van der Waals surface area (Å²) in [5.74, 6) is -3.32. The molecule has 7 aromatic carbocycles. The van der Waals surface area contributed by atoms with Crippen LogP contribution in [-0.2, 0) is 108 Å². The highest BCUT2D eigenvalue weighted by Gasteiger charge is 2.63. The molecule has 0 aromatic heterocycles. The Bertz CT molecular complexity index is 2910. The molecule has 14 nitrogen and oxygen atoms in total. The molecular weight excluding hydrogens is 1020 g/mol. The van der Waals surface area contributed by atoms with E-state index >= 15 is 0 Å². The maximum atomic E-state index is 14.7. The molecule has 79 heavy (non-hydrogen) atoms. The van der Waals surface area contributed by atoms with Crippen LogP contribution in [0.2, 0.25) is 0 Å². The fourth-order valence-electron chi connectivity index (χ4n) is 9.74. The van der Waals surface area contributed by atoms with Crippen LogP contribution in [0.3, 0.4) is 0 Å². The SMILES string of the molecule is CCOS(=O)(=O)C[C@]1(O[C@@H]2[C@H](O)[C@@H](OCc3ccccc3)[C@H](OCc3ccccc3)O[C@@H]2COCc2ccccc2)O[C@H](COCc2ccccc2)[C@@H](OCc2ccccc2)[C@H](OCc2ccccc2)[C@H]1OCc1ccccc1. The third-order valence-corrected chi connectivity index (χ3v) is 14.9. The van der Waals surface area contributed by atoms with Crippen molar-refractivity contribution in [3.63, 3.8) is 0 Å². The van der Waals surface area contributed by atoms with Crippen molar-refractivity contribution in [1.82, 2.24) is 0 Å². The molecule has 7 aromatic rings. The van der Waals surface area contributed by atoms with Crippen LogP contribution in [0.15, 0.2) is 212 Å². The topological polar surface area (TPSA) is 156 Å². The lowest BCUT2D eigenvalue weighted by atomic mass is 9.91. The molecule has 2 aliphatic heterocycles. The molecule has 416 valence electrons. The molecular formula is C64H70O14S. The summed E-state index contributed by atoms with van der Waals surface area (Å²) < 4.78 is 104. The molecule has 2 heterocycles. The smallest absolute Gasteiger partial charge is 0.272 e. The van der Waals surface area contributed by atoms with Gasteiger partial charge >= 0.3 is 0 Å². The van der Waals surface area contributed by atoms with Crippen molar-refractivity contribution >= 4 is 10.1 Å². The molecule has 1 N–H and O–H groups in total. The van der Waals surface area contributed by atoms with E-state index in [0.717, 1.165) is 38.9 Å². The van der Waals surface area contributed by atoms with E-state index in [2.05, 4.69) is 0 Å². The number of ether oxygens (including phenoxy) is 10. The summed E-state index contributed by atoms with van der Waals surface area (Å²) in [5, 5.41) is 13.2.